The average molecular weight is 345 g/mol. The van der Waals surface area contributed by atoms with E-state index in [9.17, 15) is 0 Å². The fourth-order valence-corrected chi connectivity index (χ4v) is 25.8. The molecular formula is C13H24GeN2S2. The minimum atomic E-state index is -2.19. The van der Waals surface area contributed by atoms with Crippen LogP contribution >= 0.6 is 20.2 Å². The Labute approximate surface area is 120 Å². The van der Waals surface area contributed by atoms with E-state index in [4.69, 9.17) is 11.5 Å². The van der Waals surface area contributed by atoms with Crippen LogP contribution in [0.15, 0.2) is 30.3 Å². The van der Waals surface area contributed by atoms with Gasteiger partial charge in [-0.15, -0.1) is 0 Å². The van der Waals surface area contributed by atoms with Gasteiger partial charge in [-0.05, 0) is 0 Å². The van der Waals surface area contributed by atoms with E-state index in [0.717, 1.165) is 13.1 Å². The van der Waals surface area contributed by atoms with Gasteiger partial charge in [-0.25, -0.2) is 0 Å². The van der Waals surface area contributed by atoms with Crippen molar-refractivity contribution in [2.24, 2.45) is 11.5 Å². The van der Waals surface area contributed by atoms with Crippen molar-refractivity contribution in [1.29, 1.82) is 0 Å². The molecule has 0 aliphatic carbocycles. The third-order valence-electron chi connectivity index (χ3n) is 2.81. The molecule has 1 aromatic rings. The predicted molar refractivity (Wildman–Crippen MR) is 89.9 cm³/mol. The molecule has 4 N–H and O–H groups in total. The Morgan fingerprint density at radius 3 is 1.83 bits per heavy atom. The van der Waals surface area contributed by atoms with Crippen molar-refractivity contribution in [1.82, 2.24) is 0 Å². The van der Waals surface area contributed by atoms with Gasteiger partial charge >= 0.3 is 121 Å². The normalized spacial score (nSPS) is 18.1. The van der Waals surface area contributed by atoms with Gasteiger partial charge in [-0.3, -0.25) is 0 Å². The summed E-state index contributed by atoms with van der Waals surface area (Å²) in [6, 6.07) is 10.9. The molecule has 0 heterocycles. The maximum absolute atomic E-state index is 5.80. The zero-order valence-electron chi connectivity index (χ0n) is 11.4. The van der Waals surface area contributed by atoms with Crippen molar-refractivity contribution in [2.45, 2.75) is 30.1 Å². The van der Waals surface area contributed by atoms with E-state index in [2.05, 4.69) is 70.1 Å². The average Bonchev–Trinajstić information content (AvgIpc) is 2.39. The van der Waals surface area contributed by atoms with E-state index < -0.39 is 11.0 Å². The number of hydrogen-bond donors (Lipinski definition) is 2. The third-order valence-corrected chi connectivity index (χ3v) is 24.0. The van der Waals surface area contributed by atoms with E-state index in [1.54, 1.807) is 0 Å². The molecule has 0 amide bonds. The second-order valence-corrected chi connectivity index (χ2v) is 24.7. The number of nitrogens with two attached hydrogens (primary N) is 2. The van der Waals surface area contributed by atoms with E-state index in [1.807, 2.05) is 0 Å². The van der Waals surface area contributed by atoms with E-state index >= 15 is 0 Å². The molecule has 18 heavy (non-hydrogen) atoms. The first kappa shape index (κ1) is 16.4. The van der Waals surface area contributed by atoms with Crippen LogP contribution in [0.4, 0.5) is 0 Å². The molecule has 102 valence electrons. The molecule has 2 atom stereocenters. The monoisotopic (exact) mass is 346 g/mol. The van der Waals surface area contributed by atoms with Crippen molar-refractivity contribution in [3.8, 4) is 0 Å². The minimum absolute atomic E-state index is 0.521. The number of hydrogen-bond acceptors (Lipinski definition) is 4. The second kappa shape index (κ2) is 7.85. The Morgan fingerprint density at radius 2 is 1.44 bits per heavy atom. The Kier molecular flexibility index (Phi) is 7.17. The van der Waals surface area contributed by atoms with E-state index in [1.165, 1.54) is 4.40 Å². The predicted octanol–water partition coefficient (Wildman–Crippen LogP) is 2.13. The molecule has 0 saturated carbocycles. The van der Waals surface area contributed by atoms with Gasteiger partial charge in [0.1, 0.15) is 0 Å². The van der Waals surface area contributed by atoms with Gasteiger partial charge in [0.15, 0.2) is 0 Å². The molecule has 0 fully saturated rings. The van der Waals surface area contributed by atoms with E-state index in [-0.39, 0.29) is 0 Å². The van der Waals surface area contributed by atoms with Crippen molar-refractivity contribution >= 4 is 35.6 Å². The van der Waals surface area contributed by atoms with Crippen LogP contribution in [0.25, 0.3) is 0 Å². The van der Waals surface area contributed by atoms with Crippen LogP contribution in [0.2, 0.25) is 5.76 Å². The molecule has 0 bridgehead atoms. The molecule has 0 radical (unpaired) electrons. The molecule has 2 nitrogen and oxygen atoms in total. The van der Waals surface area contributed by atoms with Crippen LogP contribution in [0.3, 0.4) is 0 Å². The van der Waals surface area contributed by atoms with Crippen molar-refractivity contribution < 1.29 is 0 Å². The van der Waals surface area contributed by atoms with Crippen LogP contribution in [0, 0.1) is 0 Å². The molecule has 5 heteroatoms. The summed E-state index contributed by atoms with van der Waals surface area (Å²) in [4.78, 5) is 0. The SMILES string of the molecule is CC(CN)[S][Ge]([CH3])([S]C(C)CN)[c]1ccccc1. The van der Waals surface area contributed by atoms with Crippen molar-refractivity contribution in [3.05, 3.63) is 30.3 Å². The first-order valence-corrected chi connectivity index (χ1v) is 16.4. The van der Waals surface area contributed by atoms with Gasteiger partial charge in [0.2, 0.25) is 0 Å². The zero-order valence-corrected chi connectivity index (χ0v) is 15.2. The molecule has 0 aromatic heterocycles. The standard InChI is InChI=1S/C13H24GeN2S2/c1-11(9-15)17-14(3,18-12(2)10-16)13-7-5-4-6-8-13/h4-8,11-12H,9-10,15-16H2,1-3H3. The van der Waals surface area contributed by atoms with Crippen molar-refractivity contribution in [2.75, 3.05) is 13.1 Å². The quantitative estimate of drug-likeness (QED) is 0.744. The Hall–Kier alpha value is 0.383. The summed E-state index contributed by atoms with van der Waals surface area (Å²) < 4.78 is 1.52. The van der Waals surface area contributed by atoms with Crippen LogP contribution < -0.4 is 15.9 Å². The summed E-state index contributed by atoms with van der Waals surface area (Å²) in [5, 5.41) is 1.04. The van der Waals surface area contributed by atoms with Gasteiger partial charge in [0.25, 0.3) is 0 Å². The fourth-order valence-electron chi connectivity index (χ4n) is 1.77. The molecule has 0 spiro atoms. The van der Waals surface area contributed by atoms with Crippen LogP contribution in [0.1, 0.15) is 13.8 Å². The summed E-state index contributed by atoms with van der Waals surface area (Å²) >= 11 is 0. The number of benzene rings is 1. The van der Waals surface area contributed by atoms with Crippen LogP contribution in [0.5, 0.6) is 0 Å². The molecular weight excluding hydrogens is 321 g/mol. The summed E-state index contributed by atoms with van der Waals surface area (Å²) in [5.74, 6) is 2.46. The molecule has 1 aromatic carbocycles. The fraction of sp³-hybridized carbons (Fsp3) is 0.538. The van der Waals surface area contributed by atoms with Gasteiger partial charge in [-0.2, -0.15) is 0 Å². The molecule has 0 aliphatic heterocycles. The first-order valence-electron chi connectivity index (χ1n) is 6.33. The summed E-state index contributed by atoms with van der Waals surface area (Å²) in [7, 11) is 2.04. The van der Waals surface area contributed by atoms with E-state index in [0.29, 0.717) is 10.5 Å². The second-order valence-electron chi connectivity index (χ2n) is 4.64. The Morgan fingerprint density at radius 1 is 1.00 bits per heavy atom. The number of rotatable bonds is 7. The van der Waals surface area contributed by atoms with Gasteiger partial charge in [0, 0.05) is 0 Å². The Balaban J connectivity index is 2.93. The first-order chi connectivity index (χ1) is 8.51. The van der Waals surface area contributed by atoms with Gasteiger partial charge in [0.05, 0.1) is 0 Å². The topological polar surface area (TPSA) is 52.0 Å². The zero-order chi connectivity index (χ0) is 13.6. The maximum atomic E-state index is 5.80. The van der Waals surface area contributed by atoms with Crippen molar-refractivity contribution in [3.63, 3.8) is 0 Å². The van der Waals surface area contributed by atoms with Crippen LogP contribution in [-0.2, 0) is 0 Å². The Bertz CT molecular complexity index is 336. The molecule has 1 rings (SSSR count). The summed E-state index contributed by atoms with van der Waals surface area (Å²) in [5.41, 5.74) is 11.6. The van der Waals surface area contributed by atoms with Gasteiger partial charge < -0.3 is 0 Å². The molecule has 0 aliphatic rings. The third kappa shape index (κ3) is 4.81. The molecule has 2 unspecified atom stereocenters. The van der Waals surface area contributed by atoms with Crippen LogP contribution in [-0.4, -0.2) is 34.6 Å². The van der Waals surface area contributed by atoms with Gasteiger partial charge in [-0.1, -0.05) is 0 Å². The summed E-state index contributed by atoms with van der Waals surface area (Å²) in [6.07, 6.45) is 0. The summed E-state index contributed by atoms with van der Waals surface area (Å²) in [6.45, 7) is 5.95. The molecule has 0 saturated heterocycles.